The average Bonchev–Trinajstić information content (AvgIpc) is 3.39. The molecule has 0 amide bonds. The highest BCUT2D eigenvalue weighted by atomic mass is 19.1. The molecule has 0 saturated heterocycles. The van der Waals surface area contributed by atoms with E-state index in [0.29, 0.717) is 0 Å². The van der Waals surface area contributed by atoms with Crippen LogP contribution in [-0.2, 0) is 5.41 Å². The molecule has 0 aliphatic heterocycles. The van der Waals surface area contributed by atoms with E-state index in [4.69, 9.17) is 10.1 Å². The largest absolute Gasteiger partial charge is 0.396 e. The molecule has 2 N–H and O–H groups in total. The molecule has 3 heterocycles. The van der Waals surface area contributed by atoms with E-state index >= 15 is 0 Å². The molecule has 3 aliphatic carbocycles. The quantitative estimate of drug-likeness (QED) is 0.394. The maximum absolute atomic E-state index is 14.6. The fourth-order valence-corrected chi connectivity index (χ4v) is 6.31. The van der Waals surface area contributed by atoms with Gasteiger partial charge in [0, 0.05) is 19.2 Å². The van der Waals surface area contributed by atoms with Gasteiger partial charge in [0.25, 0.3) is 5.95 Å². The highest BCUT2D eigenvalue weighted by Gasteiger charge is 2.59. The molecule has 1 saturated carbocycles. The zero-order valence-corrected chi connectivity index (χ0v) is 21.0. The normalized spacial score (nSPS) is 22.3. The first-order chi connectivity index (χ1) is 18.2. The number of aliphatic hydroxyl groups is 2. The summed E-state index contributed by atoms with van der Waals surface area (Å²) in [6, 6.07) is 7.42. The summed E-state index contributed by atoms with van der Waals surface area (Å²) in [6.45, 7) is 4.19. The lowest BCUT2D eigenvalue weighted by Gasteiger charge is -2.56. The van der Waals surface area contributed by atoms with Crippen LogP contribution in [0.15, 0.2) is 42.9 Å². The SMILES string of the molecule is CC1(C)C[C@H]2CC[C@]1(c1ccnc(-n3cnc([C@H](O)CCO)n3)n1)c1nnc(-c3c(F)cccc3F)cc12. The summed E-state index contributed by atoms with van der Waals surface area (Å²) in [5.74, 6) is -0.694. The number of aliphatic hydroxyl groups excluding tert-OH is 2. The summed E-state index contributed by atoms with van der Waals surface area (Å²) in [4.78, 5) is 13.4. The zero-order chi connectivity index (χ0) is 26.7. The van der Waals surface area contributed by atoms with E-state index in [1.807, 2.05) is 6.07 Å². The third-order valence-electron chi connectivity index (χ3n) is 8.16. The van der Waals surface area contributed by atoms with Crippen LogP contribution >= 0.6 is 0 Å². The molecule has 11 heteroatoms. The van der Waals surface area contributed by atoms with Crippen molar-refractivity contribution in [2.24, 2.45) is 5.41 Å². The lowest BCUT2D eigenvalue weighted by Crippen LogP contribution is -2.53. The van der Waals surface area contributed by atoms with Crippen molar-refractivity contribution in [3.05, 3.63) is 77.3 Å². The molecule has 7 rings (SSSR count). The molecule has 1 fully saturated rings. The highest BCUT2D eigenvalue weighted by Crippen LogP contribution is 2.63. The second-order valence-electron chi connectivity index (χ2n) is 10.7. The number of fused-ring (bicyclic) bond motifs is 2. The Balaban J connectivity index is 1.46. The van der Waals surface area contributed by atoms with Gasteiger partial charge in [0.05, 0.1) is 28.1 Å². The molecular weight excluding hydrogens is 492 g/mol. The number of halogens is 2. The summed E-state index contributed by atoms with van der Waals surface area (Å²) >= 11 is 0. The van der Waals surface area contributed by atoms with Crippen molar-refractivity contribution < 1.29 is 19.0 Å². The molecular formula is C27H27F2N7O2. The molecule has 9 nitrogen and oxygen atoms in total. The van der Waals surface area contributed by atoms with Crippen molar-refractivity contribution in [1.82, 2.24) is 34.9 Å². The summed E-state index contributed by atoms with van der Waals surface area (Å²) in [5.41, 5.74) is 1.63. The van der Waals surface area contributed by atoms with Crippen LogP contribution in [0, 0.1) is 17.0 Å². The number of rotatable bonds is 6. The Morgan fingerprint density at radius 2 is 1.92 bits per heavy atom. The fourth-order valence-electron chi connectivity index (χ4n) is 6.31. The van der Waals surface area contributed by atoms with Crippen molar-refractivity contribution in [1.29, 1.82) is 0 Å². The van der Waals surface area contributed by atoms with E-state index in [1.165, 1.54) is 29.2 Å². The van der Waals surface area contributed by atoms with Crippen LogP contribution in [-0.4, -0.2) is 51.7 Å². The van der Waals surface area contributed by atoms with Crippen LogP contribution in [0.4, 0.5) is 8.78 Å². The first kappa shape index (κ1) is 24.6. The van der Waals surface area contributed by atoms with Gasteiger partial charge in [-0.3, -0.25) is 0 Å². The minimum atomic E-state index is -0.994. The number of benzene rings is 1. The predicted molar refractivity (Wildman–Crippen MR) is 132 cm³/mol. The predicted octanol–water partition coefficient (Wildman–Crippen LogP) is 3.80. The number of hydrogen-bond acceptors (Lipinski definition) is 8. The molecule has 2 bridgehead atoms. The van der Waals surface area contributed by atoms with Crippen molar-refractivity contribution in [2.75, 3.05) is 6.61 Å². The van der Waals surface area contributed by atoms with E-state index in [9.17, 15) is 13.9 Å². The topological polar surface area (TPSA) is 123 Å². The third kappa shape index (κ3) is 3.64. The Kier molecular flexibility index (Phi) is 5.80. The number of nitrogens with zero attached hydrogens (tertiary/aromatic N) is 7. The second kappa shape index (κ2) is 8.95. The van der Waals surface area contributed by atoms with E-state index in [0.717, 1.165) is 36.2 Å². The molecule has 3 aromatic heterocycles. The van der Waals surface area contributed by atoms with Crippen LogP contribution in [0.25, 0.3) is 17.2 Å². The maximum Gasteiger partial charge on any atom is 0.252 e. The van der Waals surface area contributed by atoms with Gasteiger partial charge in [-0.05, 0) is 60.4 Å². The van der Waals surface area contributed by atoms with E-state index in [-0.39, 0.29) is 47.4 Å². The molecule has 196 valence electrons. The summed E-state index contributed by atoms with van der Waals surface area (Å²) < 4.78 is 30.5. The monoisotopic (exact) mass is 519 g/mol. The lowest BCUT2D eigenvalue weighted by atomic mass is 9.47. The molecule has 0 spiro atoms. The van der Waals surface area contributed by atoms with Crippen molar-refractivity contribution >= 4 is 0 Å². The molecule has 3 atom stereocenters. The van der Waals surface area contributed by atoms with Gasteiger partial charge in [0.1, 0.15) is 24.1 Å². The van der Waals surface area contributed by atoms with E-state index in [1.54, 1.807) is 12.3 Å². The second-order valence-corrected chi connectivity index (χ2v) is 10.7. The average molecular weight is 520 g/mol. The van der Waals surface area contributed by atoms with E-state index < -0.39 is 23.2 Å². The molecule has 1 aromatic carbocycles. The van der Waals surface area contributed by atoms with Crippen LogP contribution in [0.1, 0.15) is 74.3 Å². The Morgan fingerprint density at radius 3 is 2.66 bits per heavy atom. The maximum atomic E-state index is 14.6. The minimum absolute atomic E-state index is 0.123. The third-order valence-corrected chi connectivity index (χ3v) is 8.16. The van der Waals surface area contributed by atoms with Gasteiger partial charge in [-0.1, -0.05) is 19.9 Å². The molecule has 38 heavy (non-hydrogen) atoms. The highest BCUT2D eigenvalue weighted by molar-refractivity contribution is 5.63. The van der Waals surface area contributed by atoms with Crippen molar-refractivity contribution in [2.45, 2.75) is 57.0 Å². The summed E-state index contributed by atoms with van der Waals surface area (Å²) in [7, 11) is 0. The minimum Gasteiger partial charge on any atom is -0.396 e. The summed E-state index contributed by atoms with van der Waals surface area (Å²) in [5, 5.41) is 32.5. The zero-order valence-electron chi connectivity index (χ0n) is 21.0. The number of hydrogen-bond donors (Lipinski definition) is 2. The Labute approximate surface area is 217 Å². The van der Waals surface area contributed by atoms with Crippen molar-refractivity contribution in [3.8, 4) is 17.2 Å². The molecule has 0 unspecified atom stereocenters. The van der Waals surface area contributed by atoms with Gasteiger partial charge in [-0.25, -0.2) is 23.7 Å². The first-order valence-corrected chi connectivity index (χ1v) is 12.6. The smallest absolute Gasteiger partial charge is 0.252 e. The van der Waals surface area contributed by atoms with Gasteiger partial charge in [0.2, 0.25) is 0 Å². The summed E-state index contributed by atoms with van der Waals surface area (Å²) in [6.07, 6.45) is 4.73. The molecule has 3 aliphatic rings. The molecule has 4 aromatic rings. The van der Waals surface area contributed by atoms with Gasteiger partial charge in [-0.15, -0.1) is 10.2 Å². The Morgan fingerprint density at radius 1 is 1.13 bits per heavy atom. The molecule has 0 radical (unpaired) electrons. The standard InChI is InChI=1S/C27H27F2N7O2/c1-26(2)13-15-6-9-27(26,23-16(15)12-19(33-34-23)22-17(28)4-3-5-18(22)29)21-7-10-30-25(32-21)36-14-31-24(35-36)20(38)8-11-37/h3-5,7,10,12,14-15,20,37-38H,6,8-9,11,13H2,1-2H3/t15-,20-,27+/m1/s1. The van der Waals surface area contributed by atoms with Crippen LogP contribution in [0.5, 0.6) is 0 Å². The van der Waals surface area contributed by atoms with E-state index in [2.05, 4.69) is 39.1 Å². The van der Waals surface area contributed by atoms with Gasteiger partial charge in [-0.2, -0.15) is 9.78 Å². The van der Waals surface area contributed by atoms with Crippen LogP contribution < -0.4 is 0 Å². The fraction of sp³-hybridized carbons (Fsp3) is 0.407. The van der Waals surface area contributed by atoms with Gasteiger partial charge in [0.15, 0.2) is 5.82 Å². The number of aromatic nitrogens is 7. The Hall–Kier alpha value is -3.70. The first-order valence-electron chi connectivity index (χ1n) is 12.6. The van der Waals surface area contributed by atoms with Gasteiger partial charge < -0.3 is 10.2 Å². The Bertz CT molecular complexity index is 1500. The van der Waals surface area contributed by atoms with Crippen molar-refractivity contribution in [3.63, 3.8) is 0 Å². The van der Waals surface area contributed by atoms with Crippen LogP contribution in [0.2, 0.25) is 0 Å². The van der Waals surface area contributed by atoms with Crippen LogP contribution in [0.3, 0.4) is 0 Å². The van der Waals surface area contributed by atoms with Gasteiger partial charge >= 0.3 is 0 Å². The lowest BCUT2D eigenvalue weighted by molar-refractivity contribution is 0.0810.